The van der Waals surface area contributed by atoms with Gasteiger partial charge in [0.25, 0.3) is 0 Å². The smallest absolute Gasteiger partial charge is 0.0762 e. The van der Waals surface area contributed by atoms with Crippen LogP contribution in [0, 0.1) is 0 Å². The Morgan fingerprint density at radius 3 is 3.00 bits per heavy atom. The van der Waals surface area contributed by atoms with E-state index in [0.29, 0.717) is 0 Å². The topological polar surface area (TPSA) is 47.7 Å². The number of rotatable bonds is 6. The first kappa shape index (κ1) is 10.9. The summed E-state index contributed by atoms with van der Waals surface area (Å²) in [6.07, 6.45) is 6.83. The Balaban J connectivity index is 1.59. The number of aryl methyl sites for hydroxylation is 2. The third-order valence-electron chi connectivity index (χ3n) is 2.37. The first-order valence-corrected chi connectivity index (χ1v) is 5.51. The lowest BCUT2D eigenvalue weighted by molar-refractivity contribution is 0.539. The second kappa shape index (κ2) is 5.46. The predicted octanol–water partition coefficient (Wildman–Crippen LogP) is 0.796. The van der Waals surface area contributed by atoms with E-state index in [4.69, 9.17) is 0 Å². The highest BCUT2D eigenvalue weighted by atomic mass is 15.3. The molecule has 2 heterocycles. The number of aromatic nitrogens is 4. The molecule has 5 heteroatoms. The van der Waals surface area contributed by atoms with Crippen molar-refractivity contribution in [1.29, 1.82) is 0 Å². The van der Waals surface area contributed by atoms with Crippen molar-refractivity contribution in [3.8, 4) is 0 Å². The second-order valence-corrected chi connectivity index (χ2v) is 3.78. The van der Waals surface area contributed by atoms with Gasteiger partial charge in [0.1, 0.15) is 0 Å². The Labute approximate surface area is 95.1 Å². The van der Waals surface area contributed by atoms with E-state index in [1.54, 1.807) is 6.20 Å². The highest BCUT2D eigenvalue weighted by molar-refractivity contribution is 4.97. The van der Waals surface area contributed by atoms with Crippen molar-refractivity contribution in [2.45, 2.75) is 19.5 Å². The largest absolute Gasteiger partial charge is 0.311 e. The summed E-state index contributed by atoms with van der Waals surface area (Å²) in [6.45, 7) is 2.78. The van der Waals surface area contributed by atoms with Gasteiger partial charge in [0.15, 0.2) is 0 Å². The van der Waals surface area contributed by atoms with Crippen LogP contribution in [0.1, 0.15) is 12.1 Å². The highest BCUT2D eigenvalue weighted by Gasteiger charge is 1.96. The van der Waals surface area contributed by atoms with E-state index in [-0.39, 0.29) is 0 Å². The molecule has 0 aliphatic rings. The summed E-state index contributed by atoms with van der Waals surface area (Å²) in [7, 11) is 1.93. The minimum atomic E-state index is 0.833. The molecule has 0 spiro atoms. The van der Waals surface area contributed by atoms with Gasteiger partial charge in [-0.25, -0.2) is 0 Å². The lowest BCUT2D eigenvalue weighted by Gasteiger charge is -2.03. The first-order valence-electron chi connectivity index (χ1n) is 5.51. The molecule has 86 valence electrons. The quantitative estimate of drug-likeness (QED) is 0.731. The van der Waals surface area contributed by atoms with Crippen molar-refractivity contribution >= 4 is 0 Å². The SMILES string of the molecule is Cn1ccc(CNCCCn2cccn2)n1. The zero-order valence-corrected chi connectivity index (χ0v) is 9.50. The lowest BCUT2D eigenvalue weighted by atomic mass is 10.4. The molecule has 0 bridgehead atoms. The van der Waals surface area contributed by atoms with Crippen LogP contribution in [0.25, 0.3) is 0 Å². The maximum atomic E-state index is 4.29. The Bertz CT molecular complexity index is 404. The van der Waals surface area contributed by atoms with Crippen molar-refractivity contribution in [2.24, 2.45) is 7.05 Å². The van der Waals surface area contributed by atoms with Crippen LogP contribution >= 0.6 is 0 Å². The van der Waals surface area contributed by atoms with E-state index >= 15 is 0 Å². The third kappa shape index (κ3) is 3.20. The average molecular weight is 219 g/mol. The van der Waals surface area contributed by atoms with Gasteiger partial charge in [-0.2, -0.15) is 10.2 Å². The molecule has 0 saturated carbocycles. The van der Waals surface area contributed by atoms with E-state index in [1.165, 1.54) is 0 Å². The molecule has 0 unspecified atom stereocenters. The number of hydrogen-bond donors (Lipinski definition) is 1. The molecule has 0 radical (unpaired) electrons. The molecular formula is C11H17N5. The van der Waals surface area contributed by atoms with Crippen molar-refractivity contribution < 1.29 is 0 Å². The van der Waals surface area contributed by atoms with Gasteiger partial charge >= 0.3 is 0 Å². The molecule has 0 aliphatic heterocycles. The normalized spacial score (nSPS) is 10.8. The average Bonchev–Trinajstić information content (AvgIpc) is 2.89. The predicted molar refractivity (Wildman–Crippen MR) is 61.8 cm³/mol. The third-order valence-corrected chi connectivity index (χ3v) is 2.37. The summed E-state index contributed by atoms with van der Waals surface area (Å²) in [5.41, 5.74) is 1.08. The first-order chi connectivity index (χ1) is 7.84. The van der Waals surface area contributed by atoms with E-state index < -0.39 is 0 Å². The van der Waals surface area contributed by atoms with Crippen LogP contribution in [-0.2, 0) is 20.1 Å². The molecule has 0 atom stereocenters. The zero-order chi connectivity index (χ0) is 11.2. The summed E-state index contributed by atoms with van der Waals surface area (Å²) < 4.78 is 3.77. The molecule has 5 nitrogen and oxygen atoms in total. The van der Waals surface area contributed by atoms with Crippen molar-refractivity contribution in [2.75, 3.05) is 6.54 Å². The Kier molecular flexibility index (Phi) is 3.71. The molecule has 2 rings (SSSR count). The molecular weight excluding hydrogens is 202 g/mol. The fraction of sp³-hybridized carbons (Fsp3) is 0.455. The molecule has 2 aromatic rings. The molecule has 2 aromatic heterocycles. The van der Waals surface area contributed by atoms with Crippen molar-refractivity contribution in [3.63, 3.8) is 0 Å². The van der Waals surface area contributed by atoms with Crippen LogP contribution in [0.15, 0.2) is 30.7 Å². The maximum Gasteiger partial charge on any atom is 0.0762 e. The summed E-state index contributed by atoms with van der Waals surface area (Å²) in [5, 5.41) is 11.8. The van der Waals surface area contributed by atoms with Gasteiger partial charge in [0, 0.05) is 38.7 Å². The standard InChI is InChI=1S/C11H17N5/c1-15-9-4-11(14-15)10-12-5-2-7-16-8-3-6-13-16/h3-4,6,8-9,12H,2,5,7,10H2,1H3. The molecule has 0 aromatic carbocycles. The van der Waals surface area contributed by atoms with E-state index in [9.17, 15) is 0 Å². The number of nitrogens with zero attached hydrogens (tertiary/aromatic N) is 4. The minimum Gasteiger partial charge on any atom is -0.311 e. The Morgan fingerprint density at radius 2 is 2.31 bits per heavy atom. The van der Waals surface area contributed by atoms with Gasteiger partial charge in [0.2, 0.25) is 0 Å². The second-order valence-electron chi connectivity index (χ2n) is 3.78. The minimum absolute atomic E-state index is 0.833. The summed E-state index contributed by atoms with van der Waals surface area (Å²) in [5.74, 6) is 0. The van der Waals surface area contributed by atoms with Crippen LogP contribution in [0.4, 0.5) is 0 Å². The molecule has 0 amide bonds. The van der Waals surface area contributed by atoms with Gasteiger partial charge in [-0.3, -0.25) is 9.36 Å². The zero-order valence-electron chi connectivity index (χ0n) is 9.50. The van der Waals surface area contributed by atoms with Crippen molar-refractivity contribution in [1.82, 2.24) is 24.9 Å². The van der Waals surface area contributed by atoms with Gasteiger partial charge in [-0.15, -0.1) is 0 Å². The van der Waals surface area contributed by atoms with E-state index in [1.807, 2.05) is 40.9 Å². The van der Waals surface area contributed by atoms with Crippen LogP contribution in [0.2, 0.25) is 0 Å². The Morgan fingerprint density at radius 1 is 1.38 bits per heavy atom. The van der Waals surface area contributed by atoms with Gasteiger partial charge in [-0.1, -0.05) is 0 Å². The molecule has 0 saturated heterocycles. The van der Waals surface area contributed by atoms with Gasteiger partial charge in [-0.05, 0) is 25.1 Å². The van der Waals surface area contributed by atoms with Crippen molar-refractivity contribution in [3.05, 3.63) is 36.4 Å². The fourth-order valence-electron chi connectivity index (χ4n) is 1.57. The number of hydrogen-bond acceptors (Lipinski definition) is 3. The molecule has 0 fully saturated rings. The van der Waals surface area contributed by atoms with Crippen LogP contribution in [-0.4, -0.2) is 26.1 Å². The summed E-state index contributed by atoms with van der Waals surface area (Å²) in [4.78, 5) is 0. The molecule has 0 aliphatic carbocycles. The summed E-state index contributed by atoms with van der Waals surface area (Å²) in [6, 6.07) is 3.97. The van der Waals surface area contributed by atoms with E-state index in [0.717, 1.165) is 31.7 Å². The van der Waals surface area contributed by atoms with Crippen LogP contribution < -0.4 is 5.32 Å². The van der Waals surface area contributed by atoms with Crippen LogP contribution in [0.5, 0.6) is 0 Å². The highest BCUT2D eigenvalue weighted by Crippen LogP contribution is 1.93. The lowest BCUT2D eigenvalue weighted by Crippen LogP contribution is -2.17. The van der Waals surface area contributed by atoms with Crippen LogP contribution in [0.3, 0.4) is 0 Å². The summed E-state index contributed by atoms with van der Waals surface area (Å²) >= 11 is 0. The Hall–Kier alpha value is -1.62. The maximum absolute atomic E-state index is 4.29. The number of nitrogens with one attached hydrogen (secondary N) is 1. The van der Waals surface area contributed by atoms with Gasteiger partial charge < -0.3 is 5.32 Å². The molecule has 16 heavy (non-hydrogen) atoms. The van der Waals surface area contributed by atoms with E-state index in [2.05, 4.69) is 15.5 Å². The monoisotopic (exact) mass is 219 g/mol. The molecule has 1 N–H and O–H groups in total. The fourth-order valence-corrected chi connectivity index (χ4v) is 1.57. The van der Waals surface area contributed by atoms with Gasteiger partial charge in [0.05, 0.1) is 5.69 Å².